The lowest BCUT2D eigenvalue weighted by Gasteiger charge is -2.00. The summed E-state index contributed by atoms with van der Waals surface area (Å²) in [6.45, 7) is 0.391. The number of anilines is 1. The van der Waals surface area contributed by atoms with Crippen LogP contribution in [0.1, 0.15) is 5.56 Å². The van der Waals surface area contributed by atoms with Gasteiger partial charge in [0.15, 0.2) is 0 Å². The Balaban J connectivity index is 2.89. The second-order valence-corrected chi connectivity index (χ2v) is 2.33. The van der Waals surface area contributed by atoms with Gasteiger partial charge in [0.1, 0.15) is 5.82 Å². The van der Waals surface area contributed by atoms with Gasteiger partial charge in [0.25, 0.3) is 0 Å². The van der Waals surface area contributed by atoms with E-state index in [9.17, 15) is 4.39 Å². The number of methoxy groups -OCH3 is 1. The Bertz CT molecular complexity index is 230. The molecule has 60 valence electrons. The molecule has 0 aromatic heterocycles. The smallest absolute Gasteiger partial charge is 0.125 e. The molecule has 1 aromatic rings. The summed E-state index contributed by atoms with van der Waals surface area (Å²) in [4.78, 5) is 0. The maximum Gasteiger partial charge on any atom is 0.125 e. The second-order valence-electron chi connectivity index (χ2n) is 2.33. The van der Waals surface area contributed by atoms with E-state index in [2.05, 4.69) is 0 Å². The molecule has 3 heteroatoms. The fourth-order valence-electron chi connectivity index (χ4n) is 0.925. The molecule has 0 fully saturated rings. The van der Waals surface area contributed by atoms with Crippen molar-refractivity contribution in [2.45, 2.75) is 6.61 Å². The van der Waals surface area contributed by atoms with Crippen LogP contribution in [0.15, 0.2) is 18.2 Å². The summed E-state index contributed by atoms with van der Waals surface area (Å²) in [6, 6.07) is 4.37. The Morgan fingerprint density at radius 1 is 1.45 bits per heavy atom. The second kappa shape index (κ2) is 3.34. The minimum absolute atomic E-state index is 0.322. The summed E-state index contributed by atoms with van der Waals surface area (Å²) in [6.07, 6.45) is 0. The lowest BCUT2D eigenvalue weighted by Crippen LogP contribution is -1.92. The predicted octanol–water partition coefficient (Wildman–Crippen LogP) is 1.55. The van der Waals surface area contributed by atoms with Crippen molar-refractivity contribution in [1.82, 2.24) is 0 Å². The predicted molar refractivity (Wildman–Crippen MR) is 41.5 cm³/mol. The average molecular weight is 155 g/mol. The van der Waals surface area contributed by atoms with Crippen LogP contribution in [0.5, 0.6) is 0 Å². The quantitative estimate of drug-likeness (QED) is 0.658. The van der Waals surface area contributed by atoms with Gasteiger partial charge in [0.2, 0.25) is 0 Å². The first-order valence-electron chi connectivity index (χ1n) is 3.26. The number of benzene rings is 1. The van der Waals surface area contributed by atoms with Gasteiger partial charge in [0.05, 0.1) is 6.61 Å². The Morgan fingerprint density at radius 2 is 2.18 bits per heavy atom. The molecule has 0 bridgehead atoms. The number of nitrogen functional groups attached to an aromatic ring is 1. The molecular formula is C8H10FNO. The number of rotatable bonds is 2. The summed E-state index contributed by atoms with van der Waals surface area (Å²) in [5, 5.41) is 0. The third kappa shape index (κ3) is 2.20. The van der Waals surface area contributed by atoms with Crippen LogP contribution in [0.2, 0.25) is 0 Å². The molecule has 0 aliphatic carbocycles. The van der Waals surface area contributed by atoms with Gasteiger partial charge in [0, 0.05) is 12.8 Å². The lowest BCUT2D eigenvalue weighted by atomic mass is 10.2. The summed E-state index contributed by atoms with van der Waals surface area (Å²) in [5.41, 5.74) is 6.58. The van der Waals surface area contributed by atoms with Gasteiger partial charge in [-0.1, -0.05) is 0 Å². The van der Waals surface area contributed by atoms with Crippen LogP contribution in [0, 0.1) is 5.82 Å². The fraction of sp³-hybridized carbons (Fsp3) is 0.250. The molecule has 0 saturated carbocycles. The molecule has 0 saturated heterocycles. The van der Waals surface area contributed by atoms with Crippen molar-refractivity contribution < 1.29 is 9.13 Å². The van der Waals surface area contributed by atoms with E-state index in [1.54, 1.807) is 13.2 Å². The minimum atomic E-state index is -0.322. The van der Waals surface area contributed by atoms with Gasteiger partial charge in [-0.05, 0) is 23.8 Å². The maximum atomic E-state index is 12.6. The van der Waals surface area contributed by atoms with Gasteiger partial charge < -0.3 is 10.5 Å². The topological polar surface area (TPSA) is 35.2 Å². The molecule has 0 spiro atoms. The van der Waals surface area contributed by atoms with Crippen molar-refractivity contribution >= 4 is 5.69 Å². The Kier molecular flexibility index (Phi) is 2.44. The lowest BCUT2D eigenvalue weighted by molar-refractivity contribution is 0.184. The zero-order valence-corrected chi connectivity index (χ0v) is 6.30. The van der Waals surface area contributed by atoms with Crippen LogP contribution in [0.25, 0.3) is 0 Å². The first-order chi connectivity index (χ1) is 5.22. The molecule has 0 aliphatic rings. The van der Waals surface area contributed by atoms with Crippen molar-refractivity contribution in [2.75, 3.05) is 12.8 Å². The molecule has 0 radical (unpaired) electrons. The van der Waals surface area contributed by atoms with Crippen molar-refractivity contribution in [3.05, 3.63) is 29.6 Å². The average Bonchev–Trinajstić information content (AvgIpc) is 1.85. The molecule has 1 rings (SSSR count). The van der Waals surface area contributed by atoms with E-state index in [0.29, 0.717) is 12.3 Å². The zero-order chi connectivity index (χ0) is 8.27. The molecule has 1 aromatic carbocycles. The third-order valence-corrected chi connectivity index (χ3v) is 1.29. The third-order valence-electron chi connectivity index (χ3n) is 1.29. The standard InChI is InChI=1S/C8H10FNO/c1-11-5-6-2-7(9)4-8(10)3-6/h2-4H,5,10H2,1H3. The summed E-state index contributed by atoms with van der Waals surface area (Å²) in [5.74, 6) is -0.322. The fourth-order valence-corrected chi connectivity index (χ4v) is 0.925. The summed E-state index contributed by atoms with van der Waals surface area (Å²) >= 11 is 0. The number of nitrogens with two attached hydrogens (primary N) is 1. The SMILES string of the molecule is COCc1cc(N)cc(F)c1. The van der Waals surface area contributed by atoms with E-state index in [4.69, 9.17) is 10.5 Å². The summed E-state index contributed by atoms with van der Waals surface area (Å²) in [7, 11) is 1.56. The molecule has 0 aliphatic heterocycles. The monoisotopic (exact) mass is 155 g/mol. The highest BCUT2D eigenvalue weighted by molar-refractivity contribution is 5.41. The minimum Gasteiger partial charge on any atom is -0.399 e. The van der Waals surface area contributed by atoms with Crippen LogP contribution >= 0.6 is 0 Å². The van der Waals surface area contributed by atoms with Gasteiger partial charge in [-0.15, -0.1) is 0 Å². The van der Waals surface area contributed by atoms with Crippen LogP contribution in [-0.2, 0) is 11.3 Å². The van der Waals surface area contributed by atoms with Gasteiger partial charge in [-0.2, -0.15) is 0 Å². The Hall–Kier alpha value is -1.09. The van der Waals surface area contributed by atoms with E-state index in [-0.39, 0.29) is 5.82 Å². The normalized spacial score (nSPS) is 10.0. The molecular weight excluding hydrogens is 145 g/mol. The molecule has 2 N–H and O–H groups in total. The highest BCUT2D eigenvalue weighted by Gasteiger charge is 1.96. The zero-order valence-electron chi connectivity index (χ0n) is 6.30. The van der Waals surface area contributed by atoms with Crippen molar-refractivity contribution in [1.29, 1.82) is 0 Å². The van der Waals surface area contributed by atoms with E-state index in [1.807, 2.05) is 0 Å². The van der Waals surface area contributed by atoms with E-state index < -0.39 is 0 Å². The number of hydrogen-bond acceptors (Lipinski definition) is 2. The van der Waals surface area contributed by atoms with Crippen LogP contribution in [0.4, 0.5) is 10.1 Å². The van der Waals surface area contributed by atoms with Gasteiger partial charge in [-0.25, -0.2) is 4.39 Å². The number of halogens is 1. The van der Waals surface area contributed by atoms with Crippen LogP contribution < -0.4 is 5.73 Å². The number of ether oxygens (including phenoxy) is 1. The van der Waals surface area contributed by atoms with E-state index >= 15 is 0 Å². The Morgan fingerprint density at radius 3 is 2.73 bits per heavy atom. The van der Waals surface area contributed by atoms with Crippen LogP contribution in [-0.4, -0.2) is 7.11 Å². The van der Waals surface area contributed by atoms with E-state index in [0.717, 1.165) is 5.56 Å². The van der Waals surface area contributed by atoms with Gasteiger partial charge in [-0.3, -0.25) is 0 Å². The van der Waals surface area contributed by atoms with Crippen molar-refractivity contribution in [3.63, 3.8) is 0 Å². The molecule has 2 nitrogen and oxygen atoms in total. The largest absolute Gasteiger partial charge is 0.399 e. The molecule has 0 amide bonds. The maximum absolute atomic E-state index is 12.6. The number of hydrogen-bond donors (Lipinski definition) is 1. The molecule has 0 atom stereocenters. The first-order valence-corrected chi connectivity index (χ1v) is 3.26. The molecule has 0 unspecified atom stereocenters. The van der Waals surface area contributed by atoms with Crippen molar-refractivity contribution in [2.24, 2.45) is 0 Å². The van der Waals surface area contributed by atoms with Crippen LogP contribution in [0.3, 0.4) is 0 Å². The molecule has 0 heterocycles. The highest BCUT2D eigenvalue weighted by atomic mass is 19.1. The summed E-state index contributed by atoms with van der Waals surface area (Å²) < 4.78 is 17.4. The Labute approximate surface area is 64.8 Å². The van der Waals surface area contributed by atoms with E-state index in [1.165, 1.54) is 12.1 Å². The van der Waals surface area contributed by atoms with Gasteiger partial charge >= 0.3 is 0 Å². The van der Waals surface area contributed by atoms with Crippen molar-refractivity contribution in [3.8, 4) is 0 Å². The first kappa shape index (κ1) is 8.01. The molecule has 11 heavy (non-hydrogen) atoms. The highest BCUT2D eigenvalue weighted by Crippen LogP contribution is 2.10.